The fraction of sp³-hybridized carbons (Fsp3) is 0.632. The second-order valence-electron chi connectivity index (χ2n) is 7.63. The van der Waals surface area contributed by atoms with Gasteiger partial charge in [-0.1, -0.05) is 25.6 Å². The number of thioether (sulfide) groups is 1. The number of aryl methyl sites for hydroxylation is 1. The summed E-state index contributed by atoms with van der Waals surface area (Å²) >= 11 is 3.12. The summed E-state index contributed by atoms with van der Waals surface area (Å²) in [6.07, 6.45) is 5.76. The van der Waals surface area contributed by atoms with Crippen LogP contribution in [0.3, 0.4) is 0 Å². The lowest BCUT2D eigenvalue weighted by atomic mass is 9.90. The molecule has 2 aromatic rings. The van der Waals surface area contributed by atoms with Crippen LogP contribution in [0.4, 0.5) is 0 Å². The van der Waals surface area contributed by atoms with Gasteiger partial charge in [0.05, 0.1) is 10.6 Å². The summed E-state index contributed by atoms with van der Waals surface area (Å²) in [4.78, 5) is 16.8. The quantitative estimate of drug-likeness (QED) is 0.728. The highest BCUT2D eigenvalue weighted by molar-refractivity contribution is 7.99. The molecule has 1 aliphatic carbocycles. The molecule has 1 atom stereocenters. The van der Waals surface area contributed by atoms with Crippen molar-refractivity contribution < 1.29 is 9.21 Å². The van der Waals surface area contributed by atoms with E-state index in [0.717, 1.165) is 55.5 Å². The molecule has 7 heteroatoms. The molecule has 1 amide bonds. The van der Waals surface area contributed by atoms with Crippen LogP contribution in [-0.2, 0) is 17.6 Å². The van der Waals surface area contributed by atoms with Crippen molar-refractivity contribution in [3.63, 3.8) is 0 Å². The van der Waals surface area contributed by atoms with Gasteiger partial charge in [0.15, 0.2) is 0 Å². The Morgan fingerprint density at radius 3 is 2.88 bits per heavy atom. The second-order valence-corrected chi connectivity index (χ2v) is 9.70. The molecule has 0 N–H and O–H groups in total. The zero-order valence-corrected chi connectivity index (χ0v) is 17.0. The summed E-state index contributed by atoms with van der Waals surface area (Å²) < 4.78 is 5.81. The highest BCUT2D eigenvalue weighted by Crippen LogP contribution is 2.37. The molecule has 1 aliphatic heterocycles. The van der Waals surface area contributed by atoms with Gasteiger partial charge in [-0.05, 0) is 55.6 Å². The molecule has 3 heterocycles. The maximum Gasteiger partial charge on any atom is 0.277 e. The number of aromatic nitrogens is 2. The summed E-state index contributed by atoms with van der Waals surface area (Å²) in [5, 5.41) is 8.81. The Balaban J connectivity index is 1.35. The minimum Gasteiger partial charge on any atom is -0.410 e. The van der Waals surface area contributed by atoms with Crippen LogP contribution in [0, 0.1) is 11.8 Å². The third-order valence-corrected chi connectivity index (χ3v) is 7.43. The first-order valence-electron chi connectivity index (χ1n) is 9.44. The zero-order valence-electron chi connectivity index (χ0n) is 15.4. The van der Waals surface area contributed by atoms with Crippen molar-refractivity contribution in [1.82, 2.24) is 15.1 Å². The lowest BCUT2D eigenvalue weighted by Gasteiger charge is -2.30. The number of fused-ring (bicyclic) bond motifs is 1. The number of likely N-dealkylation sites (tertiary alicyclic amines) is 1. The van der Waals surface area contributed by atoms with Crippen molar-refractivity contribution in [2.24, 2.45) is 11.8 Å². The smallest absolute Gasteiger partial charge is 0.277 e. The number of piperidine rings is 1. The molecule has 0 radical (unpaired) electrons. The number of thiophene rings is 1. The Labute approximate surface area is 162 Å². The predicted molar refractivity (Wildman–Crippen MR) is 105 cm³/mol. The molecule has 1 saturated heterocycles. The lowest BCUT2D eigenvalue weighted by molar-refractivity contribution is -0.129. The number of rotatable bonds is 4. The van der Waals surface area contributed by atoms with Crippen LogP contribution in [-0.4, -0.2) is 39.8 Å². The Bertz CT molecular complexity index is 778. The molecule has 4 rings (SSSR count). The van der Waals surface area contributed by atoms with Gasteiger partial charge in [-0.2, -0.15) is 0 Å². The monoisotopic (exact) mass is 391 g/mol. The van der Waals surface area contributed by atoms with Gasteiger partial charge in [0.25, 0.3) is 11.1 Å². The largest absolute Gasteiger partial charge is 0.410 e. The molecule has 2 aliphatic rings. The fourth-order valence-corrected chi connectivity index (χ4v) is 5.45. The van der Waals surface area contributed by atoms with Crippen molar-refractivity contribution in [2.75, 3.05) is 18.8 Å². The molecule has 0 spiro atoms. The number of hydrogen-bond acceptors (Lipinski definition) is 6. The van der Waals surface area contributed by atoms with E-state index in [1.165, 1.54) is 28.6 Å². The van der Waals surface area contributed by atoms with Crippen LogP contribution in [0.5, 0.6) is 0 Å². The molecule has 1 fully saturated rings. The van der Waals surface area contributed by atoms with Gasteiger partial charge in [0.2, 0.25) is 5.91 Å². The van der Waals surface area contributed by atoms with Gasteiger partial charge in [0, 0.05) is 18.0 Å². The third kappa shape index (κ3) is 3.98. The fourth-order valence-electron chi connectivity index (χ4n) is 3.65. The second kappa shape index (κ2) is 7.72. The van der Waals surface area contributed by atoms with E-state index in [0.29, 0.717) is 16.9 Å². The average molecular weight is 392 g/mol. The molecular weight excluding hydrogens is 366 g/mol. The molecule has 0 bridgehead atoms. The number of hydrogen-bond donors (Lipinski definition) is 0. The van der Waals surface area contributed by atoms with Gasteiger partial charge < -0.3 is 9.32 Å². The molecule has 140 valence electrons. The summed E-state index contributed by atoms with van der Waals surface area (Å²) in [5.41, 5.74) is 1.44. The SMILES string of the molecule is CC1CCN(C(=O)CSc2nnc(-c3cc4c(s3)CC[C@H](C)C4)o2)CC1. The van der Waals surface area contributed by atoms with E-state index in [2.05, 4.69) is 30.1 Å². The maximum absolute atomic E-state index is 12.3. The van der Waals surface area contributed by atoms with E-state index in [-0.39, 0.29) is 5.91 Å². The van der Waals surface area contributed by atoms with Crippen molar-refractivity contribution in [3.05, 3.63) is 16.5 Å². The Kier molecular flexibility index (Phi) is 5.36. The lowest BCUT2D eigenvalue weighted by Crippen LogP contribution is -2.38. The third-order valence-electron chi connectivity index (χ3n) is 5.40. The average Bonchev–Trinajstić information content (AvgIpc) is 3.26. The van der Waals surface area contributed by atoms with Crippen LogP contribution in [0.2, 0.25) is 0 Å². The molecule has 0 aromatic carbocycles. The number of amides is 1. The first kappa shape index (κ1) is 18.0. The molecule has 2 aromatic heterocycles. The van der Waals surface area contributed by atoms with E-state index >= 15 is 0 Å². The van der Waals surface area contributed by atoms with Gasteiger partial charge in [-0.25, -0.2) is 0 Å². The van der Waals surface area contributed by atoms with Gasteiger partial charge in [-0.15, -0.1) is 21.5 Å². The van der Waals surface area contributed by atoms with Crippen molar-refractivity contribution in [1.29, 1.82) is 0 Å². The van der Waals surface area contributed by atoms with E-state index < -0.39 is 0 Å². The van der Waals surface area contributed by atoms with E-state index in [9.17, 15) is 4.79 Å². The Morgan fingerprint density at radius 2 is 2.08 bits per heavy atom. The Hall–Kier alpha value is -1.34. The van der Waals surface area contributed by atoms with Crippen LogP contribution in [0.25, 0.3) is 10.8 Å². The van der Waals surface area contributed by atoms with Crippen molar-refractivity contribution in [3.8, 4) is 10.8 Å². The van der Waals surface area contributed by atoms with E-state index in [1.807, 2.05) is 4.90 Å². The highest BCUT2D eigenvalue weighted by Gasteiger charge is 2.23. The summed E-state index contributed by atoms with van der Waals surface area (Å²) in [6.45, 7) is 6.30. The van der Waals surface area contributed by atoms with E-state index in [4.69, 9.17) is 4.42 Å². The van der Waals surface area contributed by atoms with Gasteiger partial charge >= 0.3 is 0 Å². The minimum absolute atomic E-state index is 0.169. The van der Waals surface area contributed by atoms with Crippen LogP contribution in [0.15, 0.2) is 15.7 Å². The van der Waals surface area contributed by atoms with Crippen molar-refractivity contribution in [2.45, 2.75) is 51.2 Å². The number of carbonyl (C=O) groups excluding carboxylic acids is 1. The summed E-state index contributed by atoms with van der Waals surface area (Å²) in [6, 6.07) is 2.21. The van der Waals surface area contributed by atoms with Crippen LogP contribution >= 0.6 is 23.1 Å². The standard InChI is InChI=1S/C19H25N3O2S2/c1-12-5-7-22(8-6-12)17(23)11-25-19-21-20-18(24-19)16-10-14-9-13(2)3-4-15(14)26-16/h10,12-13H,3-9,11H2,1-2H3/t13-/m0/s1. The molecule has 0 unspecified atom stereocenters. The first-order valence-corrected chi connectivity index (χ1v) is 11.2. The zero-order chi connectivity index (χ0) is 18.1. The summed E-state index contributed by atoms with van der Waals surface area (Å²) in [5.74, 6) is 2.60. The minimum atomic E-state index is 0.169. The van der Waals surface area contributed by atoms with Crippen molar-refractivity contribution >= 4 is 29.0 Å². The molecule has 0 saturated carbocycles. The van der Waals surface area contributed by atoms with Crippen LogP contribution < -0.4 is 0 Å². The highest BCUT2D eigenvalue weighted by atomic mass is 32.2. The number of carbonyl (C=O) groups is 1. The van der Waals surface area contributed by atoms with Gasteiger partial charge in [0.1, 0.15) is 0 Å². The molecule has 26 heavy (non-hydrogen) atoms. The predicted octanol–water partition coefficient (Wildman–Crippen LogP) is 4.27. The van der Waals surface area contributed by atoms with Crippen LogP contribution in [0.1, 0.15) is 43.6 Å². The summed E-state index contributed by atoms with van der Waals surface area (Å²) in [7, 11) is 0. The molecular formula is C19H25N3O2S2. The normalized spacial score (nSPS) is 21.0. The maximum atomic E-state index is 12.3. The first-order chi connectivity index (χ1) is 12.6. The molecule has 5 nitrogen and oxygen atoms in total. The topological polar surface area (TPSA) is 59.2 Å². The van der Waals surface area contributed by atoms with E-state index in [1.54, 1.807) is 11.3 Å². The number of nitrogens with zero attached hydrogens (tertiary/aromatic N) is 3. The Morgan fingerprint density at radius 1 is 1.27 bits per heavy atom. The van der Waals surface area contributed by atoms with Gasteiger partial charge in [-0.3, -0.25) is 4.79 Å².